The van der Waals surface area contributed by atoms with Crippen LogP contribution in [-0.4, -0.2) is 60.4 Å². The molecule has 2 aliphatic carbocycles. The summed E-state index contributed by atoms with van der Waals surface area (Å²) in [4.78, 5) is 31.5. The highest BCUT2D eigenvalue weighted by Crippen LogP contribution is 2.49. The first kappa shape index (κ1) is 17.2. The number of carbonyl (C=O) groups excluding carboxylic acids is 2. The molecule has 1 aromatic rings. The predicted octanol–water partition coefficient (Wildman–Crippen LogP) is 2.61. The van der Waals surface area contributed by atoms with E-state index in [-0.39, 0.29) is 11.8 Å². The molecule has 0 spiro atoms. The van der Waals surface area contributed by atoms with Crippen LogP contribution in [0.2, 0.25) is 0 Å². The number of piperazine rings is 1. The zero-order chi connectivity index (χ0) is 18.4. The Bertz CT molecular complexity index is 737. The monoisotopic (exact) mass is 367 g/mol. The molecule has 27 heavy (non-hydrogen) atoms. The maximum atomic E-state index is 12.9. The summed E-state index contributed by atoms with van der Waals surface area (Å²) in [6.07, 6.45) is 6.61. The molecule has 0 aromatic heterocycles. The second-order valence-electron chi connectivity index (χ2n) is 8.64. The first-order valence-corrected chi connectivity index (χ1v) is 10.6. The van der Waals surface area contributed by atoms with Crippen LogP contribution in [0.15, 0.2) is 24.3 Å². The normalized spacial score (nSPS) is 29.1. The van der Waals surface area contributed by atoms with Crippen LogP contribution < -0.4 is 4.90 Å². The van der Waals surface area contributed by atoms with E-state index in [1.54, 1.807) is 0 Å². The van der Waals surface area contributed by atoms with Gasteiger partial charge < -0.3 is 9.80 Å². The minimum atomic E-state index is 0.143. The first-order chi connectivity index (χ1) is 13.2. The van der Waals surface area contributed by atoms with Crippen LogP contribution in [0, 0.1) is 5.92 Å². The number of rotatable bonds is 4. The molecule has 2 amide bonds. The third-order valence-electron chi connectivity index (χ3n) is 7.01. The van der Waals surface area contributed by atoms with Gasteiger partial charge in [0.2, 0.25) is 11.8 Å². The summed E-state index contributed by atoms with van der Waals surface area (Å²) in [5, 5.41) is 0. The standard InChI is InChI=1S/C22H29N3O2/c26-21-8-3-9-25(21)18-7-1-4-16(14-18)19-15-20(19)22(27)24-12-10-23(11-13-24)17-5-2-6-17/h1,4,7,14,17,19-20H,2-3,5-6,8-13,15H2/t19-,20+/m0/s1. The first-order valence-electron chi connectivity index (χ1n) is 10.6. The van der Waals surface area contributed by atoms with Crippen molar-refractivity contribution in [1.29, 1.82) is 0 Å². The predicted molar refractivity (Wildman–Crippen MR) is 105 cm³/mol. The van der Waals surface area contributed by atoms with Gasteiger partial charge in [-0.2, -0.15) is 0 Å². The Balaban J connectivity index is 1.19. The Labute approximate surface area is 161 Å². The molecule has 0 bridgehead atoms. The van der Waals surface area contributed by atoms with Crippen molar-refractivity contribution in [2.45, 2.75) is 50.5 Å². The third kappa shape index (κ3) is 3.27. The fraction of sp³-hybridized carbons (Fsp3) is 0.636. The van der Waals surface area contributed by atoms with E-state index in [2.05, 4.69) is 21.9 Å². The lowest BCUT2D eigenvalue weighted by atomic mass is 9.91. The number of hydrogen-bond acceptors (Lipinski definition) is 3. The van der Waals surface area contributed by atoms with Crippen molar-refractivity contribution >= 4 is 17.5 Å². The molecule has 5 rings (SSSR count). The molecule has 2 saturated carbocycles. The highest BCUT2D eigenvalue weighted by atomic mass is 16.2. The molecule has 5 heteroatoms. The van der Waals surface area contributed by atoms with Gasteiger partial charge in [0.05, 0.1) is 0 Å². The molecule has 2 aliphatic heterocycles. The smallest absolute Gasteiger partial charge is 0.227 e. The molecular weight excluding hydrogens is 338 g/mol. The number of benzene rings is 1. The maximum Gasteiger partial charge on any atom is 0.227 e. The fourth-order valence-corrected chi connectivity index (χ4v) is 4.97. The van der Waals surface area contributed by atoms with E-state index in [0.717, 1.165) is 57.3 Å². The van der Waals surface area contributed by atoms with E-state index in [9.17, 15) is 9.59 Å². The molecule has 2 saturated heterocycles. The summed E-state index contributed by atoms with van der Waals surface area (Å²) < 4.78 is 0. The van der Waals surface area contributed by atoms with Gasteiger partial charge >= 0.3 is 0 Å². The molecule has 2 atom stereocenters. The van der Waals surface area contributed by atoms with Gasteiger partial charge in [0.15, 0.2) is 0 Å². The molecule has 0 N–H and O–H groups in total. The second kappa shape index (κ2) is 6.93. The Morgan fingerprint density at radius 3 is 2.48 bits per heavy atom. The molecule has 1 aromatic carbocycles. The van der Waals surface area contributed by atoms with Crippen molar-refractivity contribution in [3.8, 4) is 0 Å². The Hall–Kier alpha value is -1.88. The molecule has 5 nitrogen and oxygen atoms in total. The van der Waals surface area contributed by atoms with E-state index in [1.165, 1.54) is 24.8 Å². The highest BCUT2D eigenvalue weighted by molar-refractivity contribution is 5.95. The number of carbonyl (C=O) groups is 2. The van der Waals surface area contributed by atoms with Crippen molar-refractivity contribution in [3.63, 3.8) is 0 Å². The second-order valence-corrected chi connectivity index (χ2v) is 8.64. The molecule has 4 aliphatic rings. The average molecular weight is 367 g/mol. The Morgan fingerprint density at radius 2 is 1.81 bits per heavy atom. The summed E-state index contributed by atoms with van der Waals surface area (Å²) in [6, 6.07) is 9.10. The minimum absolute atomic E-state index is 0.143. The van der Waals surface area contributed by atoms with Crippen LogP contribution in [0.1, 0.15) is 50.0 Å². The van der Waals surface area contributed by atoms with Crippen molar-refractivity contribution in [2.24, 2.45) is 5.92 Å². The van der Waals surface area contributed by atoms with Crippen molar-refractivity contribution < 1.29 is 9.59 Å². The van der Waals surface area contributed by atoms with E-state index < -0.39 is 0 Å². The lowest BCUT2D eigenvalue weighted by Crippen LogP contribution is -2.53. The quantitative estimate of drug-likeness (QED) is 0.822. The van der Waals surface area contributed by atoms with Crippen LogP contribution in [0.4, 0.5) is 5.69 Å². The van der Waals surface area contributed by atoms with Gasteiger partial charge in [-0.05, 0) is 49.3 Å². The summed E-state index contributed by atoms with van der Waals surface area (Å²) >= 11 is 0. The molecule has 2 heterocycles. The van der Waals surface area contributed by atoms with E-state index in [0.29, 0.717) is 18.2 Å². The maximum absolute atomic E-state index is 12.9. The van der Waals surface area contributed by atoms with Crippen molar-refractivity contribution in [2.75, 3.05) is 37.6 Å². The van der Waals surface area contributed by atoms with Gasteiger partial charge in [-0.15, -0.1) is 0 Å². The summed E-state index contributed by atoms with van der Waals surface area (Å²) in [5.74, 6) is 1.04. The Morgan fingerprint density at radius 1 is 1.00 bits per heavy atom. The lowest BCUT2D eigenvalue weighted by Gasteiger charge is -2.43. The zero-order valence-electron chi connectivity index (χ0n) is 16.0. The summed E-state index contributed by atoms with van der Waals surface area (Å²) in [6.45, 7) is 4.68. The molecule has 144 valence electrons. The Kier molecular flexibility index (Phi) is 4.43. The van der Waals surface area contributed by atoms with Crippen molar-refractivity contribution in [3.05, 3.63) is 29.8 Å². The van der Waals surface area contributed by atoms with E-state index >= 15 is 0 Å². The van der Waals surface area contributed by atoms with Crippen LogP contribution in [0.25, 0.3) is 0 Å². The van der Waals surface area contributed by atoms with Crippen LogP contribution >= 0.6 is 0 Å². The highest BCUT2D eigenvalue weighted by Gasteiger charge is 2.46. The summed E-state index contributed by atoms with van der Waals surface area (Å²) in [5.41, 5.74) is 2.22. The minimum Gasteiger partial charge on any atom is -0.340 e. The topological polar surface area (TPSA) is 43.9 Å². The van der Waals surface area contributed by atoms with Gasteiger partial charge in [0, 0.05) is 56.8 Å². The van der Waals surface area contributed by atoms with Gasteiger partial charge in [0.1, 0.15) is 0 Å². The fourth-order valence-electron chi connectivity index (χ4n) is 4.97. The van der Waals surface area contributed by atoms with Crippen LogP contribution in [-0.2, 0) is 9.59 Å². The van der Waals surface area contributed by atoms with Gasteiger partial charge in [-0.3, -0.25) is 14.5 Å². The van der Waals surface area contributed by atoms with Crippen LogP contribution in [0.5, 0.6) is 0 Å². The molecule has 0 unspecified atom stereocenters. The van der Waals surface area contributed by atoms with Crippen molar-refractivity contribution in [1.82, 2.24) is 9.80 Å². The number of hydrogen-bond donors (Lipinski definition) is 0. The van der Waals surface area contributed by atoms with Crippen LogP contribution in [0.3, 0.4) is 0 Å². The van der Waals surface area contributed by atoms with E-state index in [4.69, 9.17) is 0 Å². The lowest BCUT2D eigenvalue weighted by molar-refractivity contribution is -0.135. The molecule has 0 radical (unpaired) electrons. The number of amides is 2. The molecular formula is C22H29N3O2. The number of nitrogens with zero attached hydrogens (tertiary/aromatic N) is 3. The average Bonchev–Trinajstić information content (AvgIpc) is 3.34. The van der Waals surface area contributed by atoms with Gasteiger partial charge in [-0.1, -0.05) is 18.6 Å². The zero-order valence-corrected chi connectivity index (χ0v) is 16.0. The van der Waals surface area contributed by atoms with E-state index in [1.807, 2.05) is 17.0 Å². The van der Waals surface area contributed by atoms with Gasteiger partial charge in [-0.25, -0.2) is 0 Å². The largest absolute Gasteiger partial charge is 0.340 e. The van der Waals surface area contributed by atoms with Gasteiger partial charge in [0.25, 0.3) is 0 Å². The number of anilines is 1. The summed E-state index contributed by atoms with van der Waals surface area (Å²) in [7, 11) is 0. The SMILES string of the molecule is O=C([C@@H]1C[C@H]1c1cccc(N2CCCC2=O)c1)N1CCN(C2CCC2)CC1. The third-order valence-corrected chi connectivity index (χ3v) is 7.01. The molecule has 4 fully saturated rings.